The van der Waals surface area contributed by atoms with Gasteiger partial charge in [-0.1, -0.05) is 36.8 Å². The Kier molecular flexibility index (Phi) is 6.41. The van der Waals surface area contributed by atoms with E-state index < -0.39 is 0 Å². The minimum Gasteiger partial charge on any atom is -0.302 e. The second-order valence-corrected chi connectivity index (χ2v) is 7.60. The molecule has 144 valence electrons. The van der Waals surface area contributed by atoms with Crippen molar-refractivity contribution in [1.82, 2.24) is 24.6 Å². The predicted molar refractivity (Wildman–Crippen MR) is 110 cm³/mol. The number of amides is 1. The Morgan fingerprint density at radius 3 is 2.70 bits per heavy atom. The number of thiazole rings is 1. The van der Waals surface area contributed by atoms with Crippen molar-refractivity contribution in [2.75, 3.05) is 31.1 Å². The van der Waals surface area contributed by atoms with Crippen molar-refractivity contribution in [3.63, 3.8) is 0 Å². The van der Waals surface area contributed by atoms with Crippen LogP contribution in [0.3, 0.4) is 0 Å². The molecule has 1 aromatic carbocycles. The lowest BCUT2D eigenvalue weighted by Crippen LogP contribution is -2.40. The van der Waals surface area contributed by atoms with Crippen LogP contribution >= 0.6 is 22.9 Å². The lowest BCUT2D eigenvalue weighted by Gasteiger charge is -2.24. The molecule has 0 aliphatic rings. The van der Waals surface area contributed by atoms with E-state index in [2.05, 4.69) is 28.8 Å². The summed E-state index contributed by atoms with van der Waals surface area (Å²) in [6, 6.07) is 3.83. The Morgan fingerprint density at radius 2 is 2.04 bits per heavy atom. The van der Waals surface area contributed by atoms with Crippen LogP contribution in [0.5, 0.6) is 0 Å². The Bertz CT molecular complexity index is 906. The molecule has 7 nitrogen and oxygen atoms in total. The van der Waals surface area contributed by atoms with Gasteiger partial charge in [-0.05, 0) is 37.7 Å². The van der Waals surface area contributed by atoms with E-state index in [1.165, 1.54) is 22.3 Å². The Morgan fingerprint density at radius 1 is 1.26 bits per heavy atom. The second kappa shape index (κ2) is 8.77. The van der Waals surface area contributed by atoms with Gasteiger partial charge in [0, 0.05) is 18.1 Å². The normalized spacial score (nSPS) is 11.4. The summed E-state index contributed by atoms with van der Waals surface area (Å²) < 4.78 is 2.55. The molecule has 0 N–H and O–H groups in total. The van der Waals surface area contributed by atoms with Crippen molar-refractivity contribution in [3.05, 3.63) is 35.4 Å². The fraction of sp³-hybridized carbons (Fsp3) is 0.444. The molecule has 1 amide bonds. The molecule has 0 saturated carbocycles. The summed E-state index contributed by atoms with van der Waals surface area (Å²) in [6.45, 7) is 9.56. The van der Waals surface area contributed by atoms with Gasteiger partial charge >= 0.3 is 0 Å². The molecule has 0 fully saturated rings. The zero-order valence-corrected chi connectivity index (χ0v) is 17.3. The number of likely N-dealkylation sites (N-methyl/N-ethyl adjacent to an activating group) is 1. The van der Waals surface area contributed by atoms with Crippen LogP contribution in [0.15, 0.2) is 24.8 Å². The number of fused-ring (bicyclic) bond motifs is 1. The summed E-state index contributed by atoms with van der Waals surface area (Å²) in [7, 11) is 0. The molecule has 0 spiro atoms. The van der Waals surface area contributed by atoms with Crippen LogP contribution < -0.4 is 4.90 Å². The fourth-order valence-electron chi connectivity index (χ4n) is 2.85. The van der Waals surface area contributed by atoms with Crippen LogP contribution in [0.4, 0.5) is 5.13 Å². The first-order valence-electron chi connectivity index (χ1n) is 8.94. The highest BCUT2D eigenvalue weighted by molar-refractivity contribution is 7.22. The molecule has 0 aliphatic heterocycles. The Balaban J connectivity index is 1.90. The van der Waals surface area contributed by atoms with Crippen LogP contribution in [0.2, 0.25) is 5.02 Å². The van der Waals surface area contributed by atoms with E-state index in [9.17, 15) is 4.79 Å². The van der Waals surface area contributed by atoms with Gasteiger partial charge in [-0.25, -0.2) is 14.6 Å². The van der Waals surface area contributed by atoms with Crippen molar-refractivity contribution in [1.29, 1.82) is 0 Å². The smallest absolute Gasteiger partial charge is 0.250 e. The van der Waals surface area contributed by atoms with Gasteiger partial charge in [0.15, 0.2) is 5.13 Å². The standard InChI is InChI=1S/C18H23ClN6OS/c1-4-23(5-2)8-9-25(16(26)10-24-12-20-11-21-24)18-22-17-13(3)14(19)6-7-15(17)27-18/h6-7,11-12H,4-5,8-10H2,1-3H3. The quantitative estimate of drug-likeness (QED) is 0.574. The highest BCUT2D eigenvalue weighted by Crippen LogP contribution is 2.33. The highest BCUT2D eigenvalue weighted by Gasteiger charge is 2.21. The summed E-state index contributed by atoms with van der Waals surface area (Å²) >= 11 is 7.74. The molecule has 0 radical (unpaired) electrons. The zero-order chi connectivity index (χ0) is 19.4. The van der Waals surface area contributed by atoms with E-state index in [0.29, 0.717) is 16.7 Å². The molecule has 2 aromatic heterocycles. The summed E-state index contributed by atoms with van der Waals surface area (Å²) in [5.74, 6) is -0.0598. The molecule has 9 heteroatoms. The van der Waals surface area contributed by atoms with Crippen LogP contribution in [0, 0.1) is 6.92 Å². The average Bonchev–Trinajstić information content (AvgIpc) is 3.32. The summed E-state index contributed by atoms with van der Waals surface area (Å²) in [4.78, 5) is 25.7. The van der Waals surface area contributed by atoms with Gasteiger partial charge in [0.1, 0.15) is 19.2 Å². The maximum atomic E-state index is 13.0. The first-order chi connectivity index (χ1) is 13.0. The number of carbonyl (C=O) groups is 1. The fourth-order valence-corrected chi connectivity index (χ4v) is 4.07. The number of rotatable bonds is 8. The molecule has 0 aliphatic carbocycles. The van der Waals surface area contributed by atoms with E-state index >= 15 is 0 Å². The van der Waals surface area contributed by atoms with Crippen LogP contribution in [-0.2, 0) is 11.3 Å². The topological polar surface area (TPSA) is 67.2 Å². The van der Waals surface area contributed by atoms with Crippen LogP contribution in [-0.4, -0.2) is 56.7 Å². The number of carbonyl (C=O) groups excluding carboxylic acids is 1. The van der Waals surface area contributed by atoms with Gasteiger partial charge in [0.2, 0.25) is 0 Å². The summed E-state index contributed by atoms with van der Waals surface area (Å²) in [6.07, 6.45) is 2.97. The number of benzene rings is 1. The first-order valence-corrected chi connectivity index (χ1v) is 10.1. The van der Waals surface area contributed by atoms with Gasteiger partial charge in [0.05, 0.1) is 10.2 Å². The van der Waals surface area contributed by atoms with Crippen molar-refractivity contribution in [2.45, 2.75) is 27.3 Å². The number of hydrogen-bond acceptors (Lipinski definition) is 6. The van der Waals surface area contributed by atoms with Crippen molar-refractivity contribution in [3.8, 4) is 0 Å². The molecule has 0 bridgehead atoms. The minimum absolute atomic E-state index is 0.0598. The Hall–Kier alpha value is -2.03. The van der Waals surface area contributed by atoms with E-state index in [1.54, 1.807) is 11.2 Å². The molecule has 27 heavy (non-hydrogen) atoms. The van der Waals surface area contributed by atoms with E-state index in [1.807, 2.05) is 19.1 Å². The summed E-state index contributed by atoms with van der Waals surface area (Å²) in [5, 5.41) is 5.41. The maximum Gasteiger partial charge on any atom is 0.250 e. The molecule has 0 atom stereocenters. The van der Waals surface area contributed by atoms with Crippen molar-refractivity contribution >= 4 is 44.2 Å². The van der Waals surface area contributed by atoms with Crippen molar-refractivity contribution < 1.29 is 4.79 Å². The number of anilines is 1. The molecule has 0 unspecified atom stereocenters. The third kappa shape index (κ3) is 4.45. The molecule has 2 heterocycles. The lowest BCUT2D eigenvalue weighted by atomic mass is 10.2. The minimum atomic E-state index is -0.0598. The van der Waals surface area contributed by atoms with Gasteiger partial charge in [-0.3, -0.25) is 9.69 Å². The van der Waals surface area contributed by atoms with Crippen LogP contribution in [0.1, 0.15) is 19.4 Å². The molecular weight excluding hydrogens is 384 g/mol. The predicted octanol–water partition coefficient (Wildman–Crippen LogP) is 3.22. The number of aryl methyl sites for hydroxylation is 1. The van der Waals surface area contributed by atoms with Crippen molar-refractivity contribution in [2.24, 2.45) is 0 Å². The van der Waals surface area contributed by atoms with Gasteiger partial charge in [0.25, 0.3) is 5.91 Å². The second-order valence-electron chi connectivity index (χ2n) is 6.18. The van der Waals surface area contributed by atoms with E-state index in [4.69, 9.17) is 16.6 Å². The monoisotopic (exact) mass is 406 g/mol. The number of halogens is 1. The third-order valence-corrected chi connectivity index (χ3v) is 6.02. The van der Waals surface area contributed by atoms with E-state index in [-0.39, 0.29) is 12.5 Å². The number of hydrogen-bond donors (Lipinski definition) is 0. The zero-order valence-electron chi connectivity index (χ0n) is 15.7. The molecule has 3 rings (SSSR count). The SMILES string of the molecule is CCN(CC)CCN(C(=O)Cn1cncn1)c1nc2c(C)c(Cl)ccc2s1. The average molecular weight is 407 g/mol. The first kappa shape index (κ1) is 19.7. The molecular formula is C18H23ClN6OS. The molecule has 0 saturated heterocycles. The largest absolute Gasteiger partial charge is 0.302 e. The number of nitrogens with zero attached hydrogens (tertiary/aromatic N) is 6. The van der Waals surface area contributed by atoms with Gasteiger partial charge < -0.3 is 4.90 Å². The molecule has 3 aromatic rings. The lowest BCUT2D eigenvalue weighted by molar-refractivity contribution is -0.119. The summed E-state index contributed by atoms with van der Waals surface area (Å²) in [5.41, 5.74) is 1.79. The van der Waals surface area contributed by atoms with Crippen LogP contribution in [0.25, 0.3) is 10.2 Å². The third-order valence-electron chi connectivity index (χ3n) is 4.57. The number of aromatic nitrogens is 4. The van der Waals surface area contributed by atoms with Gasteiger partial charge in [-0.15, -0.1) is 0 Å². The Labute approximate surface area is 167 Å². The maximum absolute atomic E-state index is 13.0. The van der Waals surface area contributed by atoms with E-state index in [0.717, 1.165) is 35.4 Å². The highest BCUT2D eigenvalue weighted by atomic mass is 35.5. The van der Waals surface area contributed by atoms with Gasteiger partial charge in [-0.2, -0.15) is 5.10 Å².